The third kappa shape index (κ3) is 11.0. The first-order valence-corrected chi connectivity index (χ1v) is 2.35. The Labute approximate surface area is 81.7 Å². The Bertz CT molecular complexity index is 37.1. The molecule has 0 saturated carbocycles. The van der Waals surface area contributed by atoms with Gasteiger partial charge in [0.25, 0.3) is 0 Å². The van der Waals surface area contributed by atoms with Crippen LogP contribution < -0.4 is 0 Å². The third-order valence-electron chi connectivity index (χ3n) is 0.676. The topological polar surface area (TPSA) is 17.1 Å². The van der Waals surface area contributed by atoms with E-state index in [1.807, 2.05) is 0 Å². The summed E-state index contributed by atoms with van der Waals surface area (Å²) in [6, 6.07) is 0. The molecule has 0 atom stereocenters. The summed E-state index contributed by atoms with van der Waals surface area (Å²) in [5.41, 5.74) is 0. The van der Waals surface area contributed by atoms with Crippen LogP contribution in [0.5, 0.6) is 0 Å². The monoisotopic (exact) mass is 176 g/mol. The number of hydrogen-bond acceptors (Lipinski definition) is 1. The summed E-state index contributed by atoms with van der Waals surface area (Å²) >= 11 is 0. The average Bonchev–Trinajstić information content (AvgIpc) is 1.61. The Morgan fingerprint density at radius 2 is 2.14 bits per heavy atom. The van der Waals surface area contributed by atoms with E-state index in [0.717, 1.165) is 25.5 Å². The van der Waals surface area contributed by atoms with Crippen LogP contribution in [0, 0.1) is 0 Å². The summed E-state index contributed by atoms with van der Waals surface area (Å²) in [4.78, 5) is 9.56. The number of hydrogen-bond donors (Lipinski definition) is 0. The Morgan fingerprint density at radius 1 is 1.57 bits per heavy atom. The van der Waals surface area contributed by atoms with Crippen molar-refractivity contribution in [1.29, 1.82) is 0 Å². The minimum atomic E-state index is 0. The molecule has 0 fully saturated rings. The van der Waals surface area contributed by atoms with Crippen LogP contribution in [0.2, 0.25) is 0 Å². The van der Waals surface area contributed by atoms with Crippen LogP contribution in [0.4, 0.5) is 0 Å². The first kappa shape index (κ1) is 11.0. The zero-order chi connectivity index (χ0) is 4.83. The molecule has 0 aromatic rings. The van der Waals surface area contributed by atoms with E-state index in [9.17, 15) is 4.79 Å². The molecule has 0 bridgehead atoms. The molecule has 7 heavy (non-hydrogen) atoms. The van der Waals surface area contributed by atoms with E-state index in [4.69, 9.17) is 0 Å². The van der Waals surface area contributed by atoms with Crippen LogP contribution in [-0.4, -0.2) is 51.8 Å². The normalized spacial score (nSPS) is 7.00. The molecular weight excluding hydrogens is 164 g/mol. The van der Waals surface area contributed by atoms with Crippen molar-refractivity contribution in [2.24, 2.45) is 0 Å². The minimum absolute atomic E-state index is 0. The number of carbonyl (C=O) groups excluding carboxylic acids is 1. The van der Waals surface area contributed by atoms with Gasteiger partial charge in [0.05, 0.1) is 0 Å². The van der Waals surface area contributed by atoms with E-state index in [0.29, 0.717) is 0 Å². The molecule has 0 N–H and O–H groups in total. The second-order valence-corrected chi connectivity index (χ2v) is 1.31. The number of carbonyl (C=O) groups is 1. The molecule has 0 spiro atoms. The fraction of sp³-hybridized carbons (Fsp3) is 0.800. The zero-order valence-electron chi connectivity index (χ0n) is 4.11. The summed E-state index contributed by atoms with van der Waals surface area (Å²) in [5, 5.41) is 0. The van der Waals surface area contributed by atoms with Gasteiger partial charge in [-0.15, -0.1) is 0 Å². The molecule has 0 aliphatic carbocycles. The first-order chi connectivity index (χ1) is 2.91. The van der Waals surface area contributed by atoms with Gasteiger partial charge in [-0.25, -0.2) is 0 Å². The van der Waals surface area contributed by atoms with Crippen molar-refractivity contribution < 1.29 is 4.79 Å². The van der Waals surface area contributed by atoms with E-state index in [1.165, 1.54) is 0 Å². The molecule has 1 nitrogen and oxygen atoms in total. The van der Waals surface area contributed by atoms with Crippen LogP contribution in [0.15, 0.2) is 0 Å². The van der Waals surface area contributed by atoms with Gasteiger partial charge in [0.1, 0.15) is 6.29 Å². The van der Waals surface area contributed by atoms with Crippen molar-refractivity contribution >= 4 is 51.8 Å². The fourth-order valence-electron chi connectivity index (χ4n) is 0.287. The molecule has 0 aromatic carbocycles. The number of unbranched alkanes of at least 4 members (excludes halogenated alkanes) is 2. The van der Waals surface area contributed by atoms with Crippen molar-refractivity contribution in [2.45, 2.75) is 26.2 Å². The molecule has 0 rings (SSSR count). The van der Waals surface area contributed by atoms with E-state index in [2.05, 4.69) is 6.92 Å². The van der Waals surface area contributed by atoms with Crippen molar-refractivity contribution in [1.82, 2.24) is 0 Å². The molecule has 2 heteroatoms. The predicted octanol–water partition coefficient (Wildman–Crippen LogP) is 0.459. The maximum atomic E-state index is 9.56. The molecule has 0 heterocycles. The van der Waals surface area contributed by atoms with Gasteiger partial charge in [-0.1, -0.05) is 13.3 Å². The van der Waals surface area contributed by atoms with Crippen molar-refractivity contribution in [3.8, 4) is 0 Å². The maximum absolute atomic E-state index is 9.56. The van der Waals surface area contributed by atoms with Gasteiger partial charge < -0.3 is 4.79 Å². The summed E-state index contributed by atoms with van der Waals surface area (Å²) in [6.45, 7) is 2.07. The third-order valence-corrected chi connectivity index (χ3v) is 0.676. The van der Waals surface area contributed by atoms with Crippen LogP contribution in [-0.2, 0) is 4.79 Å². The Kier molecular flexibility index (Phi) is 16.0. The van der Waals surface area contributed by atoms with E-state index in [-0.39, 0.29) is 45.5 Å². The summed E-state index contributed by atoms with van der Waals surface area (Å²) in [5.74, 6) is 0. The molecule has 0 aliphatic rings. The van der Waals surface area contributed by atoms with Gasteiger partial charge >= 0.3 is 45.5 Å². The number of aldehydes is 1. The van der Waals surface area contributed by atoms with Gasteiger partial charge in [0.15, 0.2) is 0 Å². The Hall–Kier alpha value is 1.15. The molecule has 0 unspecified atom stereocenters. The van der Waals surface area contributed by atoms with Gasteiger partial charge in [-0.05, 0) is 6.42 Å². The van der Waals surface area contributed by atoms with E-state index >= 15 is 0 Å². The predicted molar refractivity (Wildman–Crippen MR) is 34.1 cm³/mol. The fourth-order valence-corrected chi connectivity index (χ4v) is 0.287. The summed E-state index contributed by atoms with van der Waals surface area (Å²) in [7, 11) is 0. The van der Waals surface area contributed by atoms with Crippen LogP contribution in [0.3, 0.4) is 0 Å². The van der Waals surface area contributed by atoms with Crippen LogP contribution in [0.25, 0.3) is 0 Å². The van der Waals surface area contributed by atoms with Crippen molar-refractivity contribution in [3.05, 3.63) is 0 Å². The molecule has 0 aliphatic heterocycles. The standard InChI is InChI=1S/C5H10O.Sr.2H/c1-2-3-4-5-6;;;/h5H,2-4H2,1H3;;;. The molecule has 0 aromatic heterocycles. The average molecular weight is 176 g/mol. The Balaban J connectivity index is 0. The first-order valence-electron chi connectivity index (χ1n) is 2.35. The van der Waals surface area contributed by atoms with Crippen LogP contribution in [0.1, 0.15) is 26.2 Å². The molecule has 0 radical (unpaired) electrons. The van der Waals surface area contributed by atoms with E-state index < -0.39 is 0 Å². The molecule has 40 valence electrons. The van der Waals surface area contributed by atoms with Crippen LogP contribution >= 0.6 is 0 Å². The molecule has 0 saturated heterocycles. The van der Waals surface area contributed by atoms with Crippen molar-refractivity contribution in [2.75, 3.05) is 0 Å². The van der Waals surface area contributed by atoms with Gasteiger partial charge in [0.2, 0.25) is 0 Å². The summed E-state index contributed by atoms with van der Waals surface area (Å²) < 4.78 is 0. The van der Waals surface area contributed by atoms with Gasteiger partial charge in [-0.2, -0.15) is 0 Å². The van der Waals surface area contributed by atoms with E-state index in [1.54, 1.807) is 0 Å². The van der Waals surface area contributed by atoms with Crippen molar-refractivity contribution in [3.63, 3.8) is 0 Å². The number of rotatable bonds is 3. The van der Waals surface area contributed by atoms with Gasteiger partial charge in [-0.3, -0.25) is 0 Å². The summed E-state index contributed by atoms with van der Waals surface area (Å²) in [6.07, 6.45) is 3.86. The van der Waals surface area contributed by atoms with Gasteiger partial charge in [0, 0.05) is 6.42 Å². The second kappa shape index (κ2) is 10.2. The Morgan fingerprint density at radius 3 is 2.29 bits per heavy atom. The molecule has 0 amide bonds. The molecular formula is C5H12OSr. The second-order valence-electron chi connectivity index (χ2n) is 1.31. The SMILES string of the molecule is CCCCC=O.[SrH2]. The zero-order valence-corrected chi connectivity index (χ0v) is 4.11. The quantitative estimate of drug-likeness (QED) is 0.346.